The monoisotopic (exact) mass is 122 g/mol. The van der Waals surface area contributed by atoms with Crippen LogP contribution >= 0.6 is 0 Å². The van der Waals surface area contributed by atoms with E-state index in [4.69, 9.17) is 12.3 Å². The Morgan fingerprint density at radius 1 is 1.67 bits per heavy atom. The number of nitrogens with two attached hydrogens (primary N) is 1. The van der Waals surface area contributed by atoms with Gasteiger partial charge in [0.1, 0.15) is 6.04 Å². The molecule has 0 aromatic rings. The summed E-state index contributed by atoms with van der Waals surface area (Å²) in [7, 11) is 0. The van der Waals surface area contributed by atoms with Crippen molar-refractivity contribution >= 4 is 6.21 Å². The lowest BCUT2D eigenvalue weighted by Gasteiger charge is -2.03. The molecule has 0 aliphatic carbocycles. The topological polar surface area (TPSA) is 42.7 Å². The highest BCUT2D eigenvalue weighted by Crippen LogP contribution is 2.02. The molecule has 3 heteroatoms. The lowest BCUT2D eigenvalue weighted by molar-refractivity contribution is 0.702. The first-order valence-electron chi connectivity index (χ1n) is 2.70. The molecule has 9 heavy (non-hydrogen) atoms. The number of dihydropyridines is 1. The van der Waals surface area contributed by atoms with Crippen molar-refractivity contribution in [1.29, 1.82) is 0 Å². The van der Waals surface area contributed by atoms with E-state index >= 15 is 0 Å². The number of hydrogen-bond acceptors (Lipinski definition) is 2. The summed E-state index contributed by atoms with van der Waals surface area (Å²) < 4.78 is 0. The van der Waals surface area contributed by atoms with E-state index < -0.39 is 0 Å². The molecule has 1 rings (SSSR count). The van der Waals surface area contributed by atoms with Crippen LogP contribution in [0.25, 0.3) is 4.85 Å². The zero-order chi connectivity index (χ0) is 6.69. The summed E-state index contributed by atoms with van der Waals surface area (Å²) in [5, 5.41) is 0. The van der Waals surface area contributed by atoms with E-state index in [0.29, 0.717) is 0 Å². The zero-order valence-corrected chi connectivity index (χ0v) is 4.94. The van der Waals surface area contributed by atoms with Gasteiger partial charge in [-0.1, -0.05) is 10.9 Å². The van der Waals surface area contributed by atoms with Crippen LogP contribution in [0.15, 0.2) is 17.1 Å². The van der Waals surface area contributed by atoms with Crippen LogP contribution in [-0.4, -0.2) is 18.4 Å². The highest BCUT2D eigenvalue weighted by atomic mass is 15.0. The quantitative estimate of drug-likeness (QED) is 0.491. The van der Waals surface area contributed by atoms with E-state index in [2.05, 4.69) is 9.84 Å². The minimum atomic E-state index is -0.282. The Hall–Kier alpha value is -1.14. The Morgan fingerprint density at radius 3 is 2.89 bits per heavy atom. The van der Waals surface area contributed by atoms with Gasteiger partial charge in [0.2, 0.25) is 0 Å². The van der Waals surface area contributed by atoms with E-state index in [-0.39, 0.29) is 12.2 Å². The molecule has 0 fully saturated rings. The molecule has 0 bridgehead atoms. The Kier molecular flexibility index (Phi) is 1.61. The molecule has 46 valence electrons. The van der Waals surface area contributed by atoms with Gasteiger partial charge in [-0.15, -0.1) is 0 Å². The van der Waals surface area contributed by atoms with Crippen molar-refractivity contribution in [3.8, 4) is 6.57 Å². The summed E-state index contributed by atoms with van der Waals surface area (Å²) >= 11 is 0. The first-order chi connectivity index (χ1) is 4.34. The summed E-state index contributed by atoms with van der Waals surface area (Å²) in [4.78, 5) is 7.35. The third-order valence-electron chi connectivity index (χ3n) is 1.16. The Labute approximate surface area is 53.7 Å². The molecule has 2 N–H and O–H groups in total. The Morgan fingerprint density at radius 2 is 2.44 bits per heavy atom. The van der Waals surface area contributed by atoms with Crippen molar-refractivity contribution in [3.63, 3.8) is 0 Å². The second-order valence-corrected chi connectivity index (χ2v) is 1.82. The lowest BCUT2D eigenvalue weighted by Crippen LogP contribution is -2.30. The van der Waals surface area contributed by atoms with Gasteiger partial charge in [-0.05, 0) is 6.08 Å². The van der Waals surface area contributed by atoms with Gasteiger partial charge >= 0.3 is 6.17 Å². The molecule has 0 aromatic heterocycles. The third kappa shape index (κ3) is 1.15. The van der Waals surface area contributed by atoms with E-state index in [0.717, 1.165) is 0 Å². The molecule has 1 aliphatic rings. The average Bonchev–Trinajstić information content (AvgIpc) is 1.89. The highest BCUT2D eigenvalue weighted by Gasteiger charge is 2.22. The molecule has 1 aliphatic heterocycles. The Balaban J connectivity index is 2.68. The maximum Gasteiger partial charge on any atom is 0.382 e. The van der Waals surface area contributed by atoms with Crippen LogP contribution in [0.4, 0.5) is 0 Å². The summed E-state index contributed by atoms with van der Waals surface area (Å²) in [6.07, 6.45) is 4.96. The van der Waals surface area contributed by atoms with Crippen molar-refractivity contribution in [2.24, 2.45) is 10.7 Å². The second kappa shape index (κ2) is 2.42. The van der Waals surface area contributed by atoms with Gasteiger partial charge in [0.05, 0.1) is 0 Å². The number of hydrogen-bond donors (Lipinski definition) is 1. The van der Waals surface area contributed by atoms with Crippen molar-refractivity contribution in [3.05, 3.63) is 17.0 Å². The second-order valence-electron chi connectivity index (χ2n) is 1.82. The molecule has 2 unspecified atom stereocenters. The number of rotatable bonds is 0. The van der Waals surface area contributed by atoms with Gasteiger partial charge in [-0.3, -0.25) is 0 Å². The normalized spacial score (nSPS) is 32.0. The summed E-state index contributed by atoms with van der Waals surface area (Å²) in [6, 6.07) is -0.153. The summed E-state index contributed by atoms with van der Waals surface area (Å²) in [5.41, 5.74) is 5.52. The minimum absolute atomic E-state index is 0.153. The van der Waals surface area contributed by atoms with Crippen molar-refractivity contribution in [2.45, 2.75) is 12.2 Å². The standard InChI is InChI=1S/C6H8N3/c1-8-6-5(7)3-2-4-9-6/h1-6H,7H2/q+1. The Bertz CT molecular complexity index is 187. The molecule has 1 heterocycles. The van der Waals surface area contributed by atoms with Crippen LogP contribution in [0.3, 0.4) is 0 Å². The fraction of sp³-hybridized carbons (Fsp3) is 0.333. The number of aliphatic imine (C=N–C) groups is 1. The largest absolute Gasteiger partial charge is 0.382 e. The number of allylic oxidation sites excluding steroid dienone is 1. The van der Waals surface area contributed by atoms with Crippen molar-refractivity contribution < 1.29 is 0 Å². The fourth-order valence-corrected chi connectivity index (χ4v) is 0.652. The van der Waals surface area contributed by atoms with Gasteiger partial charge in [0.25, 0.3) is 6.57 Å². The molecular weight excluding hydrogens is 114 g/mol. The molecule has 0 aromatic carbocycles. The third-order valence-corrected chi connectivity index (χ3v) is 1.16. The summed E-state index contributed by atoms with van der Waals surface area (Å²) in [5.74, 6) is 0. The van der Waals surface area contributed by atoms with Crippen LogP contribution in [0.1, 0.15) is 0 Å². The zero-order valence-electron chi connectivity index (χ0n) is 4.94. The lowest BCUT2D eigenvalue weighted by atomic mass is 10.2. The first-order valence-corrected chi connectivity index (χ1v) is 2.70. The number of nitrogens with zero attached hydrogens (tertiary/aromatic N) is 2. The van der Waals surface area contributed by atoms with Gasteiger partial charge in [-0.2, -0.15) is 0 Å². The van der Waals surface area contributed by atoms with Crippen molar-refractivity contribution in [2.75, 3.05) is 0 Å². The molecule has 2 atom stereocenters. The van der Waals surface area contributed by atoms with Crippen molar-refractivity contribution in [1.82, 2.24) is 0 Å². The molecular formula is C6H8N3+. The first kappa shape index (κ1) is 5.99. The van der Waals surface area contributed by atoms with E-state index in [1.807, 2.05) is 6.08 Å². The molecule has 3 nitrogen and oxygen atoms in total. The van der Waals surface area contributed by atoms with Crippen LogP contribution in [0, 0.1) is 6.57 Å². The van der Waals surface area contributed by atoms with Crippen LogP contribution in [0.5, 0.6) is 0 Å². The maximum atomic E-state index is 5.52. The maximum absolute atomic E-state index is 5.52. The average molecular weight is 122 g/mol. The summed E-state index contributed by atoms with van der Waals surface area (Å²) in [6.45, 7) is 4.99. The minimum Gasteiger partial charge on any atom is -0.316 e. The van der Waals surface area contributed by atoms with E-state index in [9.17, 15) is 0 Å². The van der Waals surface area contributed by atoms with E-state index in [1.165, 1.54) is 0 Å². The van der Waals surface area contributed by atoms with E-state index in [1.54, 1.807) is 12.3 Å². The van der Waals surface area contributed by atoms with Gasteiger partial charge in [-0.25, -0.2) is 4.99 Å². The molecule has 0 saturated heterocycles. The van der Waals surface area contributed by atoms with Gasteiger partial charge in [0, 0.05) is 6.21 Å². The molecule has 0 spiro atoms. The fourth-order valence-electron chi connectivity index (χ4n) is 0.652. The van der Waals surface area contributed by atoms with Crippen LogP contribution in [-0.2, 0) is 0 Å². The molecule has 0 amide bonds. The predicted molar refractivity (Wildman–Crippen MR) is 37.7 cm³/mol. The highest BCUT2D eigenvalue weighted by molar-refractivity contribution is 5.72. The van der Waals surface area contributed by atoms with Crippen LogP contribution < -0.4 is 5.73 Å². The molecule has 0 radical (unpaired) electrons. The molecule has 0 saturated carbocycles. The SMILES string of the molecule is C#[N+]C1N=CC=CC1N. The predicted octanol–water partition coefficient (Wildman–Crippen LogP) is 0.243. The van der Waals surface area contributed by atoms with Crippen LogP contribution in [0.2, 0.25) is 0 Å². The van der Waals surface area contributed by atoms with Gasteiger partial charge in [0.15, 0.2) is 0 Å². The van der Waals surface area contributed by atoms with Gasteiger partial charge < -0.3 is 5.73 Å². The smallest absolute Gasteiger partial charge is 0.316 e.